The Kier molecular flexibility index (Phi) is 9.21. The summed E-state index contributed by atoms with van der Waals surface area (Å²) in [6, 6.07) is 9.69. The van der Waals surface area contributed by atoms with Gasteiger partial charge in [0.1, 0.15) is 5.00 Å². The number of nitrogens with one attached hydrogen (secondary N) is 2. The number of fused-ring (bicyclic) bond motifs is 1. The van der Waals surface area contributed by atoms with Crippen molar-refractivity contribution < 1.29 is 19.1 Å². The SMILES string of the molecule is CCOC(=O)c1c(NC(=O)CSc2nnc(CNC(=O)c3cccs3)n2-c2cc(C)ccc2C)sc2c1CCCC2. The van der Waals surface area contributed by atoms with Crippen molar-refractivity contribution in [1.82, 2.24) is 20.1 Å². The molecule has 1 aliphatic rings. The van der Waals surface area contributed by atoms with Crippen molar-refractivity contribution in [2.45, 2.75) is 58.2 Å². The Bertz CT molecular complexity index is 1580. The van der Waals surface area contributed by atoms with Crippen LogP contribution >= 0.6 is 34.4 Å². The normalized spacial score (nSPS) is 12.6. The van der Waals surface area contributed by atoms with E-state index in [0.717, 1.165) is 52.9 Å². The maximum atomic E-state index is 13.2. The molecule has 0 saturated carbocycles. The molecule has 3 aromatic heterocycles. The van der Waals surface area contributed by atoms with Gasteiger partial charge < -0.3 is 15.4 Å². The second-order valence-corrected chi connectivity index (χ2v) is 12.7. The number of hydrogen-bond donors (Lipinski definition) is 2. The van der Waals surface area contributed by atoms with Gasteiger partial charge in [-0.25, -0.2) is 4.79 Å². The lowest BCUT2D eigenvalue weighted by atomic mass is 9.95. The van der Waals surface area contributed by atoms with Crippen molar-refractivity contribution >= 4 is 57.2 Å². The van der Waals surface area contributed by atoms with Gasteiger partial charge in [-0.3, -0.25) is 14.2 Å². The first-order valence-corrected chi connectivity index (χ1v) is 16.1. The molecule has 0 atom stereocenters. The Balaban J connectivity index is 1.36. The lowest BCUT2D eigenvalue weighted by molar-refractivity contribution is -0.113. The smallest absolute Gasteiger partial charge is 0.341 e. The summed E-state index contributed by atoms with van der Waals surface area (Å²) in [6.45, 7) is 6.23. The van der Waals surface area contributed by atoms with E-state index in [1.54, 1.807) is 13.0 Å². The number of nitrogens with zero attached hydrogens (tertiary/aromatic N) is 3. The summed E-state index contributed by atoms with van der Waals surface area (Å²) in [5.41, 5.74) is 4.46. The van der Waals surface area contributed by atoms with Crippen LogP contribution in [-0.4, -0.2) is 44.9 Å². The van der Waals surface area contributed by atoms with Crippen LogP contribution in [-0.2, 0) is 28.9 Å². The van der Waals surface area contributed by atoms with E-state index in [0.29, 0.717) is 26.4 Å². The Morgan fingerprint density at radius 1 is 1.12 bits per heavy atom. The number of thioether (sulfide) groups is 1. The van der Waals surface area contributed by atoms with E-state index in [1.165, 1.54) is 34.4 Å². The molecule has 214 valence electrons. The highest BCUT2D eigenvalue weighted by atomic mass is 32.2. The molecule has 0 saturated heterocycles. The lowest BCUT2D eigenvalue weighted by Crippen LogP contribution is -2.24. The number of amides is 2. The van der Waals surface area contributed by atoms with Gasteiger partial charge in [0.15, 0.2) is 11.0 Å². The average Bonchev–Trinajstić information content (AvgIpc) is 3.71. The van der Waals surface area contributed by atoms with E-state index < -0.39 is 5.97 Å². The second-order valence-electron chi connectivity index (χ2n) is 9.66. The molecular weight excluding hydrogens is 579 g/mol. The van der Waals surface area contributed by atoms with Crippen LogP contribution in [0.1, 0.15) is 67.2 Å². The number of hydrogen-bond acceptors (Lipinski definition) is 9. The van der Waals surface area contributed by atoms with E-state index in [2.05, 4.69) is 20.8 Å². The molecular formula is C29H31N5O4S3. The molecule has 1 aliphatic carbocycles. The Labute approximate surface area is 250 Å². The van der Waals surface area contributed by atoms with Crippen LogP contribution in [0.5, 0.6) is 0 Å². The van der Waals surface area contributed by atoms with Crippen molar-refractivity contribution in [3.63, 3.8) is 0 Å². The minimum atomic E-state index is -0.390. The second kappa shape index (κ2) is 13.0. The van der Waals surface area contributed by atoms with Crippen LogP contribution in [0.15, 0.2) is 40.9 Å². The third-order valence-corrected chi connectivity index (χ3v) is 9.70. The fraction of sp³-hybridized carbons (Fsp3) is 0.345. The van der Waals surface area contributed by atoms with Gasteiger partial charge in [0, 0.05) is 4.88 Å². The first-order chi connectivity index (χ1) is 19.9. The molecule has 0 spiro atoms. The van der Waals surface area contributed by atoms with Gasteiger partial charge >= 0.3 is 5.97 Å². The third-order valence-electron chi connectivity index (χ3n) is 6.69. The zero-order valence-electron chi connectivity index (χ0n) is 23.1. The molecule has 5 rings (SSSR count). The summed E-state index contributed by atoms with van der Waals surface area (Å²) in [5, 5.41) is 17.6. The Hall–Kier alpha value is -3.48. The minimum absolute atomic E-state index is 0.0649. The van der Waals surface area contributed by atoms with Crippen LogP contribution in [0.2, 0.25) is 0 Å². The average molecular weight is 610 g/mol. The monoisotopic (exact) mass is 609 g/mol. The van der Waals surface area contributed by atoms with Gasteiger partial charge in [-0.05, 0) is 80.7 Å². The van der Waals surface area contributed by atoms with Crippen LogP contribution in [0.3, 0.4) is 0 Å². The van der Waals surface area contributed by atoms with Crippen LogP contribution in [0.4, 0.5) is 5.00 Å². The molecule has 12 heteroatoms. The highest BCUT2D eigenvalue weighted by Crippen LogP contribution is 2.39. The third kappa shape index (κ3) is 6.55. The van der Waals surface area contributed by atoms with Crippen molar-refractivity contribution in [2.24, 2.45) is 0 Å². The molecule has 3 heterocycles. The number of benzene rings is 1. The number of aromatic nitrogens is 3. The Morgan fingerprint density at radius 3 is 2.73 bits per heavy atom. The fourth-order valence-corrected chi connectivity index (χ4v) is 7.43. The van der Waals surface area contributed by atoms with Gasteiger partial charge in [0.25, 0.3) is 5.91 Å². The highest BCUT2D eigenvalue weighted by molar-refractivity contribution is 7.99. The summed E-state index contributed by atoms with van der Waals surface area (Å²) >= 11 is 4.09. The number of anilines is 1. The number of rotatable bonds is 10. The van der Waals surface area contributed by atoms with Crippen molar-refractivity contribution in [2.75, 3.05) is 17.7 Å². The quantitative estimate of drug-likeness (QED) is 0.174. The topological polar surface area (TPSA) is 115 Å². The molecule has 2 amide bonds. The van der Waals surface area contributed by atoms with Crippen LogP contribution in [0, 0.1) is 13.8 Å². The van der Waals surface area contributed by atoms with Crippen LogP contribution < -0.4 is 10.6 Å². The minimum Gasteiger partial charge on any atom is -0.462 e. The summed E-state index contributed by atoms with van der Waals surface area (Å²) in [5.74, 6) is -0.196. The number of ether oxygens (including phenoxy) is 1. The fourth-order valence-electron chi connectivity index (χ4n) is 4.73. The zero-order valence-corrected chi connectivity index (χ0v) is 25.6. The predicted molar refractivity (Wildman–Crippen MR) is 163 cm³/mol. The molecule has 0 unspecified atom stereocenters. The number of esters is 1. The Morgan fingerprint density at radius 2 is 1.95 bits per heavy atom. The number of aryl methyl sites for hydroxylation is 3. The van der Waals surface area contributed by atoms with Gasteiger partial charge in [0.2, 0.25) is 5.91 Å². The van der Waals surface area contributed by atoms with E-state index in [-0.39, 0.29) is 30.7 Å². The molecule has 0 radical (unpaired) electrons. The lowest BCUT2D eigenvalue weighted by Gasteiger charge is -2.14. The largest absolute Gasteiger partial charge is 0.462 e. The summed E-state index contributed by atoms with van der Waals surface area (Å²) in [4.78, 5) is 40.3. The molecule has 0 bridgehead atoms. The maximum Gasteiger partial charge on any atom is 0.341 e. The maximum absolute atomic E-state index is 13.2. The summed E-state index contributed by atoms with van der Waals surface area (Å²) in [7, 11) is 0. The first-order valence-electron chi connectivity index (χ1n) is 13.4. The number of thiophene rings is 2. The molecule has 0 fully saturated rings. The first kappa shape index (κ1) is 29.0. The van der Waals surface area contributed by atoms with Crippen molar-refractivity contribution in [3.05, 3.63) is 73.5 Å². The summed E-state index contributed by atoms with van der Waals surface area (Å²) < 4.78 is 7.21. The predicted octanol–water partition coefficient (Wildman–Crippen LogP) is 5.72. The van der Waals surface area contributed by atoms with Crippen molar-refractivity contribution in [1.29, 1.82) is 0 Å². The number of carbonyl (C=O) groups excluding carboxylic acids is 3. The van der Waals surface area contributed by atoms with Gasteiger partial charge in [0.05, 0.1) is 35.0 Å². The van der Waals surface area contributed by atoms with Crippen LogP contribution in [0.25, 0.3) is 5.69 Å². The van der Waals surface area contributed by atoms with E-state index in [9.17, 15) is 14.4 Å². The van der Waals surface area contributed by atoms with Gasteiger partial charge in [-0.1, -0.05) is 30.0 Å². The molecule has 9 nitrogen and oxygen atoms in total. The highest BCUT2D eigenvalue weighted by Gasteiger charge is 2.27. The zero-order chi connectivity index (χ0) is 28.9. The van der Waals surface area contributed by atoms with E-state index >= 15 is 0 Å². The standard InChI is InChI=1S/C29H31N5O4S3/c1-4-38-28(37)25-19-8-5-6-9-21(19)41-27(25)31-24(35)16-40-29-33-32-23(15-30-26(36)22-10-7-13-39-22)34(29)20-14-17(2)11-12-18(20)3/h7,10-14H,4-6,8-9,15-16H2,1-3H3,(H,30,36)(H,31,35). The summed E-state index contributed by atoms with van der Waals surface area (Å²) in [6.07, 6.45) is 3.81. The van der Waals surface area contributed by atoms with Gasteiger partial charge in [-0.2, -0.15) is 0 Å². The van der Waals surface area contributed by atoms with E-state index in [1.807, 2.05) is 48.1 Å². The molecule has 2 N–H and O–H groups in total. The van der Waals surface area contributed by atoms with E-state index in [4.69, 9.17) is 4.74 Å². The van der Waals surface area contributed by atoms with Crippen molar-refractivity contribution in [3.8, 4) is 5.69 Å². The van der Waals surface area contributed by atoms with Gasteiger partial charge in [-0.15, -0.1) is 32.9 Å². The molecule has 4 aromatic rings. The molecule has 0 aliphatic heterocycles. The number of carbonyl (C=O) groups is 3. The molecule has 1 aromatic carbocycles. The molecule has 41 heavy (non-hydrogen) atoms.